The summed E-state index contributed by atoms with van der Waals surface area (Å²) in [5.74, 6) is 1.19. The fourth-order valence-corrected chi connectivity index (χ4v) is 1.43. The van der Waals surface area contributed by atoms with Crippen LogP contribution in [-0.2, 0) is 4.79 Å². The number of benzene rings is 1. The number of nitrogens with zero attached hydrogens (tertiary/aromatic N) is 1. The van der Waals surface area contributed by atoms with Crippen molar-refractivity contribution in [1.82, 2.24) is 5.43 Å². The lowest BCUT2D eigenvalue weighted by Crippen LogP contribution is -2.23. The van der Waals surface area contributed by atoms with E-state index in [4.69, 9.17) is 9.47 Å². The van der Waals surface area contributed by atoms with Crippen LogP contribution < -0.4 is 14.9 Å². The number of rotatable bonds is 1. The van der Waals surface area contributed by atoms with Gasteiger partial charge in [0, 0.05) is 6.92 Å². The van der Waals surface area contributed by atoms with Gasteiger partial charge in [-0.1, -0.05) is 6.07 Å². The summed E-state index contributed by atoms with van der Waals surface area (Å²) in [6.07, 6.45) is 0. The van der Waals surface area contributed by atoms with Crippen LogP contribution in [0.2, 0.25) is 0 Å². The number of fused-ring (bicyclic) bond motifs is 1. The third kappa shape index (κ3) is 2.96. The highest BCUT2D eigenvalue weighted by atomic mass is 16.5. The number of amides is 1. The van der Waals surface area contributed by atoms with E-state index in [1.54, 1.807) is 0 Å². The van der Waals surface area contributed by atoms with E-state index in [1.165, 1.54) is 6.92 Å². The number of carbonyl (C=O) groups excluding carboxylic acids is 1. The van der Waals surface area contributed by atoms with Crippen molar-refractivity contribution in [3.05, 3.63) is 23.8 Å². The zero-order valence-electron chi connectivity index (χ0n) is 9.82. The van der Waals surface area contributed by atoms with E-state index in [0.29, 0.717) is 30.4 Å². The summed E-state index contributed by atoms with van der Waals surface area (Å²) >= 11 is 0. The van der Waals surface area contributed by atoms with Gasteiger partial charge >= 0.3 is 0 Å². The van der Waals surface area contributed by atoms with Crippen molar-refractivity contribution >= 4 is 11.6 Å². The van der Waals surface area contributed by atoms with Crippen molar-refractivity contribution in [2.45, 2.75) is 13.8 Å². The monoisotopic (exact) mass is 234 g/mol. The van der Waals surface area contributed by atoms with Crippen LogP contribution in [0.5, 0.6) is 11.5 Å². The number of nitrogens with one attached hydrogen (secondary N) is 1. The fraction of sp³-hybridized carbons (Fsp3) is 0.333. The molecule has 1 aliphatic heterocycles. The highest BCUT2D eigenvalue weighted by Crippen LogP contribution is 2.29. The summed E-state index contributed by atoms with van der Waals surface area (Å²) in [7, 11) is 0. The second kappa shape index (κ2) is 4.86. The van der Waals surface area contributed by atoms with Crippen molar-refractivity contribution in [1.29, 1.82) is 0 Å². The Morgan fingerprint density at radius 2 is 2.00 bits per heavy atom. The molecule has 1 N–H and O–H groups in total. The van der Waals surface area contributed by atoms with Crippen LogP contribution in [0.1, 0.15) is 12.5 Å². The maximum atomic E-state index is 10.7. The molecule has 17 heavy (non-hydrogen) atoms. The molecule has 1 amide bonds. The van der Waals surface area contributed by atoms with Gasteiger partial charge in [-0.3, -0.25) is 4.79 Å². The smallest absolute Gasteiger partial charge is 0.236 e. The Kier molecular flexibility index (Phi) is 3.27. The van der Waals surface area contributed by atoms with Crippen molar-refractivity contribution in [2.24, 2.45) is 5.10 Å². The first-order valence-electron chi connectivity index (χ1n) is 5.33. The maximum Gasteiger partial charge on any atom is 0.236 e. The molecule has 0 fully saturated rings. The van der Waals surface area contributed by atoms with Gasteiger partial charge in [0.1, 0.15) is 18.9 Å². The minimum Gasteiger partial charge on any atom is -0.484 e. The third-order valence-corrected chi connectivity index (χ3v) is 2.26. The molecular weight excluding hydrogens is 220 g/mol. The lowest BCUT2D eigenvalue weighted by atomic mass is 10.2. The zero-order chi connectivity index (χ0) is 12.3. The largest absolute Gasteiger partial charge is 0.484 e. The van der Waals surface area contributed by atoms with Crippen LogP contribution in [0, 0.1) is 6.92 Å². The van der Waals surface area contributed by atoms with Gasteiger partial charge in [-0.2, -0.15) is 5.10 Å². The number of aryl methyl sites for hydroxylation is 1. The van der Waals surface area contributed by atoms with Crippen LogP contribution in [0.15, 0.2) is 23.3 Å². The molecule has 0 spiro atoms. The van der Waals surface area contributed by atoms with Gasteiger partial charge in [-0.25, -0.2) is 5.43 Å². The van der Waals surface area contributed by atoms with Gasteiger partial charge in [-0.05, 0) is 24.6 Å². The van der Waals surface area contributed by atoms with Gasteiger partial charge < -0.3 is 9.47 Å². The lowest BCUT2D eigenvalue weighted by Gasteiger charge is -2.06. The molecule has 1 heterocycles. The van der Waals surface area contributed by atoms with E-state index < -0.39 is 0 Å². The first kappa shape index (κ1) is 11.4. The Morgan fingerprint density at radius 3 is 2.71 bits per heavy atom. The predicted molar refractivity (Wildman–Crippen MR) is 63.4 cm³/mol. The molecule has 0 unspecified atom stereocenters. The Balaban J connectivity index is 2.11. The van der Waals surface area contributed by atoms with Gasteiger partial charge in [0.15, 0.2) is 11.5 Å². The molecule has 0 aromatic heterocycles. The predicted octanol–water partition coefficient (Wildman–Crippen LogP) is 1.26. The van der Waals surface area contributed by atoms with Crippen molar-refractivity contribution < 1.29 is 14.3 Å². The van der Waals surface area contributed by atoms with E-state index >= 15 is 0 Å². The van der Waals surface area contributed by atoms with Gasteiger partial charge in [0.2, 0.25) is 5.91 Å². The second-order valence-electron chi connectivity index (χ2n) is 3.87. The van der Waals surface area contributed by atoms with Crippen LogP contribution in [0.3, 0.4) is 0 Å². The summed E-state index contributed by atoms with van der Waals surface area (Å²) in [5.41, 5.74) is 4.12. The van der Waals surface area contributed by atoms with E-state index in [9.17, 15) is 4.79 Å². The van der Waals surface area contributed by atoms with Crippen LogP contribution in [0.4, 0.5) is 0 Å². The Hall–Kier alpha value is -2.04. The normalized spacial score (nSPS) is 16.5. The summed E-state index contributed by atoms with van der Waals surface area (Å²) in [5, 5.41) is 3.92. The zero-order valence-corrected chi connectivity index (χ0v) is 9.82. The molecule has 5 nitrogen and oxygen atoms in total. The van der Waals surface area contributed by atoms with E-state index in [1.807, 2.05) is 25.1 Å². The molecule has 1 aromatic carbocycles. The summed E-state index contributed by atoms with van der Waals surface area (Å²) < 4.78 is 11.1. The minimum absolute atomic E-state index is 0.213. The lowest BCUT2D eigenvalue weighted by molar-refractivity contribution is -0.118. The number of hydrogen-bond donors (Lipinski definition) is 1. The first-order chi connectivity index (χ1) is 8.15. The standard InChI is InChI=1S/C12H14N2O3/c1-8-3-4-11-12(5-8)17-7-10(6-16-11)14-13-9(2)15/h3-5H,6-7H2,1-2H3,(H,13,15)/b14-10+. The Bertz CT molecular complexity index is 469. The SMILES string of the molecule is CC(=O)N/N=C1\COc2ccc(C)cc2OC1. The molecule has 0 atom stereocenters. The topological polar surface area (TPSA) is 59.9 Å². The molecule has 0 aliphatic carbocycles. The van der Waals surface area contributed by atoms with Crippen molar-refractivity contribution in [3.8, 4) is 11.5 Å². The molecule has 1 aromatic rings. The van der Waals surface area contributed by atoms with Crippen LogP contribution in [-0.4, -0.2) is 24.8 Å². The Morgan fingerprint density at radius 1 is 1.29 bits per heavy atom. The molecule has 1 aliphatic rings. The van der Waals surface area contributed by atoms with Gasteiger partial charge in [0.05, 0.1) is 0 Å². The number of hydrazone groups is 1. The van der Waals surface area contributed by atoms with Crippen LogP contribution >= 0.6 is 0 Å². The maximum absolute atomic E-state index is 10.7. The second-order valence-corrected chi connectivity index (χ2v) is 3.87. The van der Waals surface area contributed by atoms with Gasteiger partial charge in [0.25, 0.3) is 0 Å². The molecular formula is C12H14N2O3. The average molecular weight is 234 g/mol. The highest BCUT2D eigenvalue weighted by molar-refractivity contribution is 5.89. The molecule has 0 bridgehead atoms. The molecule has 0 radical (unpaired) electrons. The summed E-state index contributed by atoms with van der Waals surface area (Å²) in [4.78, 5) is 10.7. The van der Waals surface area contributed by atoms with Gasteiger partial charge in [-0.15, -0.1) is 0 Å². The van der Waals surface area contributed by atoms with E-state index in [-0.39, 0.29) is 5.91 Å². The minimum atomic E-state index is -0.213. The van der Waals surface area contributed by atoms with E-state index in [2.05, 4.69) is 10.5 Å². The Labute approximate surface area is 99.4 Å². The highest BCUT2D eigenvalue weighted by Gasteiger charge is 2.14. The summed E-state index contributed by atoms with van der Waals surface area (Å²) in [6.45, 7) is 4.02. The van der Waals surface area contributed by atoms with Crippen molar-refractivity contribution in [3.63, 3.8) is 0 Å². The summed E-state index contributed by atoms with van der Waals surface area (Å²) in [6, 6.07) is 5.74. The third-order valence-electron chi connectivity index (χ3n) is 2.26. The van der Waals surface area contributed by atoms with Crippen LogP contribution in [0.25, 0.3) is 0 Å². The number of ether oxygens (including phenoxy) is 2. The molecule has 5 heteroatoms. The van der Waals surface area contributed by atoms with Crippen molar-refractivity contribution in [2.75, 3.05) is 13.2 Å². The first-order valence-corrected chi connectivity index (χ1v) is 5.33. The fourth-order valence-electron chi connectivity index (χ4n) is 1.43. The molecule has 0 saturated carbocycles. The van der Waals surface area contributed by atoms with E-state index in [0.717, 1.165) is 5.56 Å². The quantitative estimate of drug-likeness (QED) is 0.744. The number of carbonyl (C=O) groups is 1. The average Bonchev–Trinajstić information content (AvgIpc) is 2.48. The molecule has 90 valence electrons. The number of hydrogen-bond acceptors (Lipinski definition) is 4. The molecule has 0 saturated heterocycles. The molecule has 2 rings (SSSR count).